The molecule has 0 amide bonds. The first-order valence-electron chi connectivity index (χ1n) is 36.9. The third-order valence-corrected chi connectivity index (χ3v) is 22.3. The van der Waals surface area contributed by atoms with Crippen LogP contribution in [-0.4, -0.2) is 452 Å². The van der Waals surface area contributed by atoms with Crippen LogP contribution >= 0.6 is 36.7 Å². The minimum Gasteiger partial charge on any atom is -0.394 e. The molecule has 8 bridgehead atoms. The molecule has 0 saturated carbocycles. The molecule has 15 saturated heterocycles. The van der Waals surface area contributed by atoms with Crippen LogP contribution in [0.25, 0.3) is 0 Å². The van der Waals surface area contributed by atoms with Gasteiger partial charge in [-0.2, -0.15) is 0 Å². The van der Waals surface area contributed by atoms with E-state index in [0.717, 1.165) is 0 Å². The lowest BCUT2D eigenvalue weighted by atomic mass is 9.84. The van der Waals surface area contributed by atoms with E-state index in [4.69, 9.17) is 98.2 Å². The van der Waals surface area contributed by atoms with Crippen LogP contribution < -0.4 is 31.9 Å². The van der Waals surface area contributed by atoms with E-state index < -0.39 is 266 Å². The quantitative estimate of drug-likeness (QED) is 0.0324. The third-order valence-electron chi connectivity index (χ3n) is 21.4. The van der Waals surface area contributed by atoms with Crippen molar-refractivity contribution >= 4 is 52.0 Å². The largest absolute Gasteiger partial charge is 0.394 e. The van der Waals surface area contributed by atoms with Gasteiger partial charge in [-0.15, -0.1) is 0 Å². The fraction of sp³-hybridized carbons (Fsp3) is 0.953. The topological polar surface area (TPSA) is 640 Å². The molecule has 15 aliphatic rings. The Balaban J connectivity index is 0.907. The molecule has 28 N–H and O–H groups in total. The zero-order valence-electron chi connectivity index (χ0n) is 59.7. The van der Waals surface area contributed by atoms with E-state index in [0.29, 0.717) is 38.5 Å². The summed E-state index contributed by atoms with van der Waals surface area (Å²) in [5, 5.41) is 257. The van der Waals surface area contributed by atoms with Crippen LogP contribution in [0.2, 0.25) is 0 Å². The Morgan fingerprint density at radius 2 is 0.706 bits per heavy atom. The summed E-state index contributed by atoms with van der Waals surface area (Å²) in [5.41, 5.74) is -1.85. The number of ether oxygens (including phenoxy) is 13. The Labute approximate surface area is 643 Å². The Bertz CT molecular complexity index is 2550. The van der Waals surface area contributed by atoms with Crippen molar-refractivity contribution < 1.29 is 174 Å². The first kappa shape index (κ1) is 90.5. The summed E-state index contributed by atoms with van der Waals surface area (Å²) in [6.45, 7) is -4.32. The molecule has 15 rings (SSSR count). The molecule has 0 radical (unpaired) electrons. The summed E-state index contributed by atoms with van der Waals surface area (Å²) in [4.78, 5) is 1.93. The molecule has 15 heterocycles. The van der Waals surface area contributed by atoms with Gasteiger partial charge in [-0.3, -0.25) is 4.90 Å². The molecule has 42 nitrogen and oxygen atoms in total. The van der Waals surface area contributed by atoms with Gasteiger partial charge in [0.15, 0.2) is 53.1 Å². The van der Waals surface area contributed by atoms with Gasteiger partial charge in [0.25, 0.3) is 0 Å². The highest BCUT2D eigenvalue weighted by atomic mass is 32.1. The predicted molar refractivity (Wildman–Crippen MR) is 376 cm³/mol. The van der Waals surface area contributed by atoms with Gasteiger partial charge in [0, 0.05) is 77.4 Å². The van der Waals surface area contributed by atoms with Crippen molar-refractivity contribution in [3.05, 3.63) is 0 Å². The van der Waals surface area contributed by atoms with E-state index in [9.17, 15) is 112 Å². The molecule has 45 heteroatoms. The minimum absolute atomic E-state index is 0.000253. The lowest BCUT2D eigenvalue weighted by molar-refractivity contribution is -0.355. The SMILES string of the molecule is OCC1O[C@@H]2OCCCCC3C(CNC(=S)NCCN(CCNC(=S)NCC4O[C@@H]5OC6C(CO)O[C@H](OCCCCC4[C@H](O)C5O)C(O)[C@H]6O)CCNC(=S)NC(CC[C@H]4OC(CO)[C@@H](O)[C@H](O)C4O)(CO[C@H]4OC(CO)[C@@H](O)[C@H](O)C4O)CO[C@H]4OC(CO)[C@@H](O)[C@H](O)C4O)O[C@H](OC1[C@H](O)C2O)C(O)[C@H]3O. The number of aliphatic hydroxyl groups excluding tert-OH is 22. The number of hydrogen-bond donors (Lipinski definition) is 28. The predicted octanol–water partition coefficient (Wildman–Crippen LogP) is -14.1. The van der Waals surface area contributed by atoms with Crippen molar-refractivity contribution in [3.8, 4) is 0 Å². The number of nitrogens with zero attached hydrogens (tertiary/aromatic N) is 1. The number of rotatable bonds is 28. The van der Waals surface area contributed by atoms with E-state index in [2.05, 4.69) is 31.9 Å². The highest BCUT2D eigenvalue weighted by molar-refractivity contribution is 7.80. The van der Waals surface area contributed by atoms with Crippen molar-refractivity contribution in [1.82, 2.24) is 36.8 Å². The Hall–Kier alpha value is -2.37. The van der Waals surface area contributed by atoms with Crippen molar-refractivity contribution in [3.63, 3.8) is 0 Å². The van der Waals surface area contributed by atoms with E-state index in [1.807, 2.05) is 4.90 Å². The minimum atomic E-state index is -1.96. The van der Waals surface area contributed by atoms with Crippen LogP contribution in [-0.2, 0) is 61.6 Å². The van der Waals surface area contributed by atoms with Crippen molar-refractivity contribution in [1.29, 1.82) is 0 Å². The maximum atomic E-state index is 11.6. The maximum absolute atomic E-state index is 11.6. The molecular weight excluding hydrogens is 1520 g/mol. The molecule has 109 heavy (non-hydrogen) atoms. The van der Waals surface area contributed by atoms with Crippen LogP contribution in [0.1, 0.15) is 51.4 Å². The Morgan fingerprint density at radius 1 is 0.349 bits per heavy atom. The fourth-order valence-corrected chi connectivity index (χ4v) is 15.6. The zero-order valence-corrected chi connectivity index (χ0v) is 62.2. The summed E-state index contributed by atoms with van der Waals surface area (Å²) < 4.78 is 76.8. The average Bonchev–Trinajstić information content (AvgIpc) is 0.780. The molecule has 35 atom stereocenters. The summed E-state index contributed by atoms with van der Waals surface area (Å²) >= 11 is 17.5. The maximum Gasteiger partial charge on any atom is 0.186 e. The van der Waals surface area contributed by atoms with Crippen LogP contribution in [0.5, 0.6) is 0 Å². The first-order chi connectivity index (χ1) is 52.1. The second kappa shape index (κ2) is 42.7. The molecule has 0 spiro atoms. The number of nitrogens with one attached hydrogen (secondary N) is 6. The number of aliphatic hydroxyl groups is 22. The fourth-order valence-electron chi connectivity index (χ4n) is 14.9. The summed E-state index contributed by atoms with van der Waals surface area (Å²) in [7, 11) is 0. The first-order valence-corrected chi connectivity index (χ1v) is 38.1. The van der Waals surface area contributed by atoms with Crippen molar-refractivity contribution in [2.24, 2.45) is 11.8 Å². The number of hydrogen-bond acceptors (Lipinski definition) is 39. The van der Waals surface area contributed by atoms with Crippen molar-refractivity contribution in [2.75, 3.05) is 112 Å². The zero-order chi connectivity index (χ0) is 79.1. The summed E-state index contributed by atoms with van der Waals surface area (Å²) in [6.07, 6.45) is -49.6. The molecule has 0 aliphatic carbocycles. The van der Waals surface area contributed by atoms with Crippen LogP contribution in [0.4, 0.5) is 0 Å². The molecule has 15 fully saturated rings. The lowest BCUT2D eigenvalue weighted by Crippen LogP contribution is -2.64. The molecule has 632 valence electrons. The third kappa shape index (κ3) is 22.9. The molecule has 18 unspecified atom stereocenters. The Kier molecular flexibility index (Phi) is 35.4. The normalized spacial score (nSPS) is 43.7. The molecule has 15 aliphatic heterocycles. The van der Waals surface area contributed by atoms with Gasteiger partial charge in [0.2, 0.25) is 0 Å². The molecule has 0 aromatic carbocycles. The van der Waals surface area contributed by atoms with Gasteiger partial charge in [-0.25, -0.2) is 0 Å². The average molecular weight is 1640 g/mol. The highest BCUT2D eigenvalue weighted by Crippen LogP contribution is 2.38. The second-order valence-electron chi connectivity index (χ2n) is 28.9. The molecular formula is C64H113N7O35S3. The molecule has 0 aromatic heterocycles. The van der Waals surface area contributed by atoms with Gasteiger partial charge >= 0.3 is 0 Å². The van der Waals surface area contributed by atoms with Crippen LogP contribution in [0.15, 0.2) is 0 Å². The molecule has 0 aromatic rings. The van der Waals surface area contributed by atoms with Gasteiger partial charge < -0.3 is 206 Å². The van der Waals surface area contributed by atoms with Crippen LogP contribution in [0, 0.1) is 11.8 Å². The number of thiocarbonyl (C=S) groups is 3. The smallest absolute Gasteiger partial charge is 0.186 e. The van der Waals surface area contributed by atoms with Gasteiger partial charge in [-0.05, 0) is 75.2 Å². The summed E-state index contributed by atoms with van der Waals surface area (Å²) in [6, 6.07) is 0. The van der Waals surface area contributed by atoms with E-state index in [-0.39, 0.29) is 93.8 Å². The van der Waals surface area contributed by atoms with Crippen LogP contribution in [0.3, 0.4) is 0 Å². The Morgan fingerprint density at radius 3 is 1.11 bits per heavy atom. The second-order valence-corrected chi connectivity index (χ2v) is 30.1. The highest BCUT2D eigenvalue weighted by Gasteiger charge is 2.55. The van der Waals surface area contributed by atoms with Gasteiger partial charge in [0.1, 0.15) is 134 Å². The van der Waals surface area contributed by atoms with Crippen molar-refractivity contribution in [2.45, 2.75) is 259 Å². The lowest BCUT2D eigenvalue weighted by Gasteiger charge is -2.47. The summed E-state index contributed by atoms with van der Waals surface area (Å²) in [5.74, 6) is -1.37. The van der Waals surface area contributed by atoms with E-state index in [1.54, 1.807) is 0 Å². The monoisotopic (exact) mass is 1640 g/mol. The van der Waals surface area contributed by atoms with Gasteiger partial charge in [-0.1, -0.05) is 12.8 Å². The van der Waals surface area contributed by atoms with Gasteiger partial charge in [0.05, 0.1) is 82.3 Å². The van der Waals surface area contributed by atoms with E-state index in [1.165, 1.54) is 0 Å². The standard InChI is InChI=1S/C64H113N7O35S3/c72-19-31-39(80)42(83)38(79)28(98-31)7-8-64(24-96-57-49(90)43(84)40(81)32(20-73)101-57,25-97-58-50(91)44(85)41(82)33(21-74)102-58)70-63(109)67-11-14-71(12-9-65-61(107)68-17-29-26-5-1-3-15-94-55-51(92)45(86)53(34(22-75)103-55)105-59(99-29)47(88)36(26)77)13-10-66-62(108)69-18-30-27-6-2-4-16-95-56-52(93)46(87)54(35(23-76)104-56)106-60(100-30)48(89)37(27)78/h26-60,72-93H,1-25H2,(H2,65,68,107)(H2,66,69,108)(H2,67,70,109)/t26?,27?,28-,29?,30?,31?,32?,33?,34?,35?,36+,37+,38?,39-,40-,41-,42-,43+,44+,45-,46-,47?,48?,49?,50?,51?,52?,53?,54?,55+,56+,57+,58+,59-,60-,64?/m1/s1. The van der Waals surface area contributed by atoms with E-state index >= 15 is 0 Å².